The van der Waals surface area contributed by atoms with Crippen molar-refractivity contribution in [2.75, 3.05) is 13.2 Å². The summed E-state index contributed by atoms with van der Waals surface area (Å²) in [7, 11) is 0. The summed E-state index contributed by atoms with van der Waals surface area (Å²) in [4.78, 5) is 15.0. The van der Waals surface area contributed by atoms with Gasteiger partial charge in [0.1, 0.15) is 5.54 Å². The van der Waals surface area contributed by atoms with E-state index in [0.717, 1.165) is 31.8 Å². The van der Waals surface area contributed by atoms with Crippen LogP contribution < -0.4 is 5.32 Å². The Morgan fingerprint density at radius 1 is 1.30 bits per heavy atom. The maximum Gasteiger partial charge on any atom is 0.326 e. The molecule has 2 aliphatic carbocycles. The van der Waals surface area contributed by atoms with Gasteiger partial charge in [0.15, 0.2) is 0 Å². The number of ether oxygens (including phenoxy) is 1. The molecule has 0 saturated heterocycles. The van der Waals surface area contributed by atoms with Gasteiger partial charge < -0.3 is 4.74 Å². The first-order valence-electron chi connectivity index (χ1n) is 8.23. The Morgan fingerprint density at radius 3 is 2.50 bits per heavy atom. The summed E-state index contributed by atoms with van der Waals surface area (Å²) in [5.74, 6) is -0.0527. The largest absolute Gasteiger partial charge is 0.465 e. The number of hydrogen-bond acceptors (Lipinski definition) is 4. The normalized spacial score (nSPS) is 30.2. The van der Waals surface area contributed by atoms with Crippen molar-refractivity contribution >= 4 is 5.97 Å². The van der Waals surface area contributed by atoms with Gasteiger partial charge in [-0.2, -0.15) is 0 Å². The molecule has 0 spiro atoms. The Labute approximate surface area is 123 Å². The molecule has 2 rings (SSSR count). The maximum absolute atomic E-state index is 12.4. The number of rotatable bonds is 7. The fourth-order valence-corrected chi connectivity index (χ4v) is 3.72. The summed E-state index contributed by atoms with van der Waals surface area (Å²) < 4.78 is 5.35. The smallest absolute Gasteiger partial charge is 0.326 e. The van der Waals surface area contributed by atoms with Gasteiger partial charge in [0.25, 0.3) is 0 Å². The van der Waals surface area contributed by atoms with E-state index in [1.54, 1.807) is 0 Å². The van der Waals surface area contributed by atoms with Crippen LogP contribution in [0.25, 0.3) is 0 Å². The lowest BCUT2D eigenvalue weighted by atomic mass is 9.96. The highest BCUT2D eigenvalue weighted by Crippen LogP contribution is 2.39. The fourth-order valence-electron chi connectivity index (χ4n) is 3.72. The second-order valence-electron chi connectivity index (χ2n) is 6.56. The summed E-state index contributed by atoms with van der Waals surface area (Å²) in [6.07, 6.45) is 5.55. The molecule has 0 heterocycles. The zero-order valence-corrected chi connectivity index (χ0v) is 13.4. The second-order valence-corrected chi connectivity index (χ2v) is 6.56. The van der Waals surface area contributed by atoms with Crippen LogP contribution in [0.5, 0.6) is 0 Å². The van der Waals surface area contributed by atoms with E-state index in [9.17, 15) is 4.79 Å². The molecule has 2 atom stereocenters. The highest BCUT2D eigenvalue weighted by molar-refractivity contribution is 5.81. The molecular formula is C16H30N2O2. The number of esters is 1. The van der Waals surface area contributed by atoms with Crippen molar-refractivity contribution in [1.29, 1.82) is 0 Å². The van der Waals surface area contributed by atoms with Gasteiger partial charge in [-0.3, -0.25) is 15.0 Å². The van der Waals surface area contributed by atoms with E-state index < -0.39 is 5.54 Å². The molecule has 2 fully saturated rings. The van der Waals surface area contributed by atoms with E-state index in [-0.39, 0.29) is 5.97 Å². The zero-order valence-electron chi connectivity index (χ0n) is 13.4. The van der Waals surface area contributed by atoms with Gasteiger partial charge in [0, 0.05) is 18.1 Å². The van der Waals surface area contributed by atoms with Crippen molar-refractivity contribution in [3.63, 3.8) is 0 Å². The van der Waals surface area contributed by atoms with Crippen molar-refractivity contribution < 1.29 is 9.53 Å². The van der Waals surface area contributed by atoms with Crippen LogP contribution >= 0.6 is 0 Å². The summed E-state index contributed by atoms with van der Waals surface area (Å²) >= 11 is 0. The minimum atomic E-state index is -0.461. The van der Waals surface area contributed by atoms with E-state index in [1.807, 2.05) is 6.92 Å². The van der Waals surface area contributed by atoms with Gasteiger partial charge in [0.2, 0.25) is 0 Å². The highest BCUT2D eigenvalue weighted by atomic mass is 16.5. The second kappa shape index (κ2) is 6.44. The SMILES string of the molecule is CCOC(=O)C1(NC(C)C)CCC(N(CC)C2CC2)C1. The predicted octanol–water partition coefficient (Wildman–Crippen LogP) is 2.32. The molecule has 1 N–H and O–H groups in total. The summed E-state index contributed by atoms with van der Waals surface area (Å²) in [5.41, 5.74) is -0.461. The van der Waals surface area contributed by atoms with E-state index in [1.165, 1.54) is 12.8 Å². The number of carbonyl (C=O) groups is 1. The maximum atomic E-state index is 12.4. The number of nitrogens with zero attached hydrogens (tertiary/aromatic N) is 1. The van der Waals surface area contributed by atoms with Crippen LogP contribution in [0.3, 0.4) is 0 Å². The monoisotopic (exact) mass is 282 g/mol. The first-order chi connectivity index (χ1) is 9.52. The molecule has 116 valence electrons. The lowest BCUT2D eigenvalue weighted by Crippen LogP contribution is -2.54. The van der Waals surface area contributed by atoms with Crippen molar-refractivity contribution in [1.82, 2.24) is 10.2 Å². The molecule has 0 aromatic carbocycles. The molecule has 2 saturated carbocycles. The van der Waals surface area contributed by atoms with Crippen LogP contribution in [0.1, 0.15) is 59.8 Å². The first-order valence-corrected chi connectivity index (χ1v) is 8.23. The molecule has 0 aliphatic heterocycles. The van der Waals surface area contributed by atoms with E-state index in [2.05, 4.69) is 31.0 Å². The third-order valence-corrected chi connectivity index (χ3v) is 4.57. The number of carbonyl (C=O) groups excluding carboxylic acids is 1. The summed E-state index contributed by atoms with van der Waals surface area (Å²) in [5, 5.41) is 3.51. The molecule has 2 unspecified atom stereocenters. The van der Waals surface area contributed by atoms with Crippen molar-refractivity contribution in [2.45, 2.75) is 83.5 Å². The Hall–Kier alpha value is -0.610. The molecule has 4 heteroatoms. The van der Waals surface area contributed by atoms with Gasteiger partial charge in [-0.1, -0.05) is 6.92 Å². The van der Waals surface area contributed by atoms with Crippen molar-refractivity contribution in [2.24, 2.45) is 0 Å². The van der Waals surface area contributed by atoms with Crippen molar-refractivity contribution in [3.8, 4) is 0 Å². The van der Waals surface area contributed by atoms with Crippen LogP contribution in [0.4, 0.5) is 0 Å². The number of hydrogen-bond donors (Lipinski definition) is 1. The van der Waals surface area contributed by atoms with Gasteiger partial charge in [-0.05, 0) is 59.4 Å². The average molecular weight is 282 g/mol. The lowest BCUT2D eigenvalue weighted by Gasteiger charge is -2.33. The minimum Gasteiger partial charge on any atom is -0.465 e. The Bertz CT molecular complexity index is 341. The molecule has 0 radical (unpaired) electrons. The minimum absolute atomic E-state index is 0.0527. The molecule has 0 aromatic rings. The molecule has 0 aromatic heterocycles. The van der Waals surface area contributed by atoms with Gasteiger partial charge >= 0.3 is 5.97 Å². The van der Waals surface area contributed by atoms with Crippen LogP contribution in [0.15, 0.2) is 0 Å². The Kier molecular flexibility index (Phi) is 5.08. The molecule has 0 amide bonds. The molecule has 4 nitrogen and oxygen atoms in total. The molecular weight excluding hydrogens is 252 g/mol. The topological polar surface area (TPSA) is 41.6 Å². The predicted molar refractivity (Wildman–Crippen MR) is 80.7 cm³/mol. The molecule has 2 aliphatic rings. The van der Waals surface area contributed by atoms with Crippen LogP contribution in [-0.2, 0) is 9.53 Å². The van der Waals surface area contributed by atoms with E-state index >= 15 is 0 Å². The summed E-state index contributed by atoms with van der Waals surface area (Å²) in [6, 6.07) is 1.60. The molecule has 0 bridgehead atoms. The standard InChI is InChI=1S/C16H30N2O2/c1-5-18(13-7-8-13)14-9-10-16(11-14,17-12(3)4)15(19)20-6-2/h12-14,17H,5-11H2,1-4H3. The quantitative estimate of drug-likeness (QED) is 0.728. The number of nitrogens with one attached hydrogen (secondary N) is 1. The third-order valence-electron chi connectivity index (χ3n) is 4.57. The highest BCUT2D eigenvalue weighted by Gasteiger charge is 2.49. The third kappa shape index (κ3) is 3.34. The van der Waals surface area contributed by atoms with Gasteiger partial charge in [0.05, 0.1) is 6.61 Å². The Balaban J connectivity index is 2.07. The lowest BCUT2D eigenvalue weighted by molar-refractivity contribution is -0.151. The average Bonchev–Trinajstić information content (AvgIpc) is 3.12. The van der Waals surface area contributed by atoms with Gasteiger partial charge in [-0.25, -0.2) is 0 Å². The van der Waals surface area contributed by atoms with Crippen LogP contribution in [-0.4, -0.2) is 47.7 Å². The van der Waals surface area contributed by atoms with E-state index in [4.69, 9.17) is 4.74 Å². The van der Waals surface area contributed by atoms with Crippen molar-refractivity contribution in [3.05, 3.63) is 0 Å². The van der Waals surface area contributed by atoms with E-state index in [0.29, 0.717) is 18.7 Å². The van der Waals surface area contributed by atoms with Gasteiger partial charge in [-0.15, -0.1) is 0 Å². The van der Waals surface area contributed by atoms with Crippen LogP contribution in [0, 0.1) is 0 Å². The molecule has 20 heavy (non-hydrogen) atoms. The first kappa shape index (κ1) is 15.8. The fraction of sp³-hybridized carbons (Fsp3) is 0.938. The summed E-state index contributed by atoms with van der Waals surface area (Å²) in [6.45, 7) is 9.88. The Morgan fingerprint density at radius 2 is 2.00 bits per heavy atom. The zero-order chi connectivity index (χ0) is 14.8. The van der Waals surface area contributed by atoms with Crippen LogP contribution in [0.2, 0.25) is 0 Å².